The summed E-state index contributed by atoms with van der Waals surface area (Å²) in [5.41, 5.74) is -2.28. The Bertz CT molecular complexity index is 1030. The van der Waals surface area contributed by atoms with Gasteiger partial charge in [-0.05, 0) is 63.6 Å². The van der Waals surface area contributed by atoms with E-state index in [9.17, 15) is 19.8 Å². The van der Waals surface area contributed by atoms with E-state index in [-0.39, 0.29) is 24.6 Å². The molecular formula is C26H36O7. The predicted molar refractivity (Wildman–Crippen MR) is 125 cm³/mol. The standard InChI is InChI=1S/C26H36O7/c1-17(27)32-22-11-13-26(5,30)21(24(22,2)3)10-12-25(4,29)14-15-31-19-8-6-18-7-9-23(28)33-20(18)16-19/h6-9,16,21-22,29-30H,10-15H2,1-5H3/t21-,22-,25+,26-/m1/s1. The van der Waals surface area contributed by atoms with Crippen molar-refractivity contribution >= 4 is 16.9 Å². The minimum absolute atomic E-state index is 0.140. The number of hydrogen-bond donors (Lipinski definition) is 2. The first-order chi connectivity index (χ1) is 15.3. The highest BCUT2D eigenvalue weighted by molar-refractivity contribution is 5.77. The lowest BCUT2D eigenvalue weighted by atomic mass is 9.58. The Hall–Kier alpha value is -2.38. The number of ether oxygens (including phenoxy) is 2. The summed E-state index contributed by atoms with van der Waals surface area (Å²) in [5.74, 6) is 0.109. The van der Waals surface area contributed by atoms with Gasteiger partial charge in [-0.25, -0.2) is 4.79 Å². The maximum Gasteiger partial charge on any atom is 0.336 e. The third kappa shape index (κ3) is 6.15. The van der Waals surface area contributed by atoms with Gasteiger partial charge in [0, 0.05) is 36.3 Å². The smallest absolute Gasteiger partial charge is 0.336 e. The predicted octanol–water partition coefficient (Wildman–Crippen LogP) is 4.21. The number of carbonyl (C=O) groups excluding carboxylic acids is 1. The number of hydrogen-bond acceptors (Lipinski definition) is 7. The van der Waals surface area contributed by atoms with E-state index in [1.807, 2.05) is 26.8 Å². The highest BCUT2D eigenvalue weighted by Gasteiger charge is 2.52. The van der Waals surface area contributed by atoms with Crippen molar-refractivity contribution in [3.63, 3.8) is 0 Å². The van der Waals surface area contributed by atoms with Crippen LogP contribution in [-0.4, -0.2) is 40.1 Å². The van der Waals surface area contributed by atoms with Gasteiger partial charge >= 0.3 is 11.6 Å². The molecule has 0 unspecified atom stereocenters. The Kier molecular flexibility index (Phi) is 7.24. The van der Waals surface area contributed by atoms with Gasteiger partial charge < -0.3 is 24.1 Å². The highest BCUT2D eigenvalue weighted by Crippen LogP contribution is 2.50. The van der Waals surface area contributed by atoms with E-state index < -0.39 is 22.2 Å². The minimum atomic E-state index is -0.996. The van der Waals surface area contributed by atoms with Crippen molar-refractivity contribution in [3.05, 3.63) is 40.8 Å². The van der Waals surface area contributed by atoms with Crippen molar-refractivity contribution in [1.29, 1.82) is 0 Å². The number of esters is 1. The first-order valence-corrected chi connectivity index (χ1v) is 11.6. The van der Waals surface area contributed by atoms with Gasteiger partial charge in [0.25, 0.3) is 0 Å². The first kappa shape index (κ1) is 25.2. The number of aliphatic hydroxyl groups is 2. The zero-order valence-electron chi connectivity index (χ0n) is 20.2. The summed E-state index contributed by atoms with van der Waals surface area (Å²) in [6.07, 6.45) is 2.36. The number of rotatable bonds is 8. The van der Waals surface area contributed by atoms with E-state index in [0.717, 1.165) is 5.39 Å². The molecule has 2 aromatic rings. The molecule has 1 heterocycles. The Morgan fingerprint density at radius 3 is 2.61 bits per heavy atom. The van der Waals surface area contributed by atoms with Gasteiger partial charge in [0.2, 0.25) is 0 Å². The van der Waals surface area contributed by atoms with E-state index in [1.165, 1.54) is 13.0 Å². The van der Waals surface area contributed by atoms with Crippen LogP contribution in [-0.2, 0) is 9.53 Å². The lowest BCUT2D eigenvalue weighted by Gasteiger charge is -2.52. The van der Waals surface area contributed by atoms with Gasteiger partial charge in [0.15, 0.2) is 0 Å². The molecule has 3 rings (SSSR count). The fraction of sp³-hybridized carbons (Fsp3) is 0.615. The Labute approximate surface area is 194 Å². The molecule has 2 N–H and O–H groups in total. The Morgan fingerprint density at radius 1 is 1.21 bits per heavy atom. The molecule has 33 heavy (non-hydrogen) atoms. The molecule has 7 nitrogen and oxygen atoms in total. The van der Waals surface area contributed by atoms with Gasteiger partial charge in [0.1, 0.15) is 17.4 Å². The van der Waals surface area contributed by atoms with Gasteiger partial charge in [0.05, 0.1) is 17.8 Å². The molecule has 0 saturated heterocycles. The average Bonchev–Trinajstić information content (AvgIpc) is 2.69. The van der Waals surface area contributed by atoms with E-state index in [1.54, 1.807) is 25.1 Å². The summed E-state index contributed by atoms with van der Waals surface area (Å²) < 4.78 is 16.5. The van der Waals surface area contributed by atoms with Crippen LogP contribution >= 0.6 is 0 Å². The third-order valence-electron chi connectivity index (χ3n) is 7.18. The second-order valence-corrected chi connectivity index (χ2v) is 10.5. The zero-order chi connectivity index (χ0) is 24.4. The van der Waals surface area contributed by atoms with Crippen LogP contribution in [0, 0.1) is 11.3 Å². The zero-order valence-corrected chi connectivity index (χ0v) is 20.2. The maximum atomic E-state index is 11.5. The minimum Gasteiger partial charge on any atom is -0.493 e. The van der Waals surface area contributed by atoms with Gasteiger partial charge in [-0.15, -0.1) is 0 Å². The van der Waals surface area contributed by atoms with Crippen LogP contribution in [0.2, 0.25) is 0 Å². The molecule has 182 valence electrons. The molecule has 4 atom stereocenters. The van der Waals surface area contributed by atoms with E-state index >= 15 is 0 Å². The molecule has 7 heteroatoms. The van der Waals surface area contributed by atoms with Crippen LogP contribution in [0.4, 0.5) is 0 Å². The molecule has 0 radical (unpaired) electrons. The summed E-state index contributed by atoms with van der Waals surface area (Å²) in [6.45, 7) is 9.34. The topological polar surface area (TPSA) is 106 Å². The molecular weight excluding hydrogens is 424 g/mol. The fourth-order valence-corrected chi connectivity index (χ4v) is 5.19. The molecule has 0 amide bonds. The monoisotopic (exact) mass is 460 g/mol. The van der Waals surface area contributed by atoms with Crippen molar-refractivity contribution in [3.8, 4) is 5.75 Å². The summed E-state index contributed by atoms with van der Waals surface area (Å²) >= 11 is 0. The SMILES string of the molecule is CC(=O)O[C@@H]1CC[C@@](C)(O)[C@H](CC[C@](C)(O)CCOc2ccc3ccc(=O)oc3c2)C1(C)C. The fourth-order valence-electron chi connectivity index (χ4n) is 5.19. The average molecular weight is 461 g/mol. The Balaban J connectivity index is 1.59. The third-order valence-corrected chi connectivity index (χ3v) is 7.18. The quantitative estimate of drug-likeness (QED) is 0.449. The van der Waals surface area contributed by atoms with Crippen molar-refractivity contribution in [2.75, 3.05) is 6.61 Å². The Morgan fingerprint density at radius 2 is 1.91 bits per heavy atom. The molecule has 1 fully saturated rings. The maximum absolute atomic E-state index is 11.5. The second kappa shape index (κ2) is 9.47. The van der Waals surface area contributed by atoms with Gasteiger partial charge in [-0.2, -0.15) is 0 Å². The van der Waals surface area contributed by atoms with Crippen molar-refractivity contribution in [2.24, 2.45) is 11.3 Å². The normalized spacial score (nSPS) is 26.5. The van der Waals surface area contributed by atoms with Crippen molar-refractivity contribution < 1.29 is 28.9 Å². The van der Waals surface area contributed by atoms with Crippen molar-refractivity contribution in [2.45, 2.75) is 84.0 Å². The molecule has 1 aromatic carbocycles. The summed E-state index contributed by atoms with van der Waals surface area (Å²) in [7, 11) is 0. The lowest BCUT2D eigenvalue weighted by molar-refractivity contribution is -0.182. The van der Waals surface area contributed by atoms with Crippen LogP contribution in [0.15, 0.2) is 39.5 Å². The number of carbonyl (C=O) groups is 1. The largest absolute Gasteiger partial charge is 0.493 e. The van der Waals surface area contributed by atoms with E-state index in [2.05, 4.69) is 0 Å². The lowest BCUT2D eigenvalue weighted by Crippen LogP contribution is -2.55. The summed E-state index contributed by atoms with van der Waals surface area (Å²) in [4.78, 5) is 23.0. The second-order valence-electron chi connectivity index (χ2n) is 10.5. The van der Waals surface area contributed by atoms with Gasteiger partial charge in [-0.3, -0.25) is 4.79 Å². The molecule has 0 bridgehead atoms. The number of fused-ring (bicyclic) bond motifs is 1. The van der Waals surface area contributed by atoms with E-state index in [0.29, 0.717) is 43.4 Å². The number of benzene rings is 1. The first-order valence-electron chi connectivity index (χ1n) is 11.6. The molecule has 0 spiro atoms. The molecule has 1 aliphatic carbocycles. The molecule has 0 aliphatic heterocycles. The van der Waals surface area contributed by atoms with Gasteiger partial charge in [-0.1, -0.05) is 13.8 Å². The van der Waals surface area contributed by atoms with Crippen molar-refractivity contribution in [1.82, 2.24) is 0 Å². The highest BCUT2D eigenvalue weighted by atomic mass is 16.5. The van der Waals surface area contributed by atoms with Crippen LogP contribution in [0.3, 0.4) is 0 Å². The molecule has 1 aromatic heterocycles. The van der Waals surface area contributed by atoms with Crippen LogP contribution in [0.5, 0.6) is 5.75 Å². The van der Waals surface area contributed by atoms with E-state index in [4.69, 9.17) is 13.9 Å². The summed E-state index contributed by atoms with van der Waals surface area (Å²) in [5, 5.41) is 22.9. The molecule has 1 saturated carbocycles. The summed E-state index contributed by atoms with van der Waals surface area (Å²) in [6, 6.07) is 8.36. The van der Waals surface area contributed by atoms with Crippen LogP contribution < -0.4 is 10.4 Å². The van der Waals surface area contributed by atoms with Crippen LogP contribution in [0.25, 0.3) is 11.0 Å². The van der Waals surface area contributed by atoms with Crippen LogP contribution in [0.1, 0.15) is 66.7 Å². The molecule has 1 aliphatic rings.